The smallest absolute Gasteiger partial charge is 0.307 e. The molecular formula is C15H29NO2. The topological polar surface area (TPSA) is 49.3 Å². The van der Waals surface area contributed by atoms with Gasteiger partial charge in [0.25, 0.3) is 0 Å². The fraction of sp³-hybridized carbons (Fsp3) is 0.933. The van der Waals surface area contributed by atoms with Crippen molar-refractivity contribution >= 4 is 5.97 Å². The third-order valence-electron chi connectivity index (χ3n) is 4.19. The maximum atomic E-state index is 11.0. The molecule has 0 aliphatic heterocycles. The van der Waals surface area contributed by atoms with Gasteiger partial charge < -0.3 is 10.4 Å². The molecule has 18 heavy (non-hydrogen) atoms. The minimum absolute atomic E-state index is 0.0252. The van der Waals surface area contributed by atoms with Gasteiger partial charge in [0.05, 0.1) is 5.92 Å². The van der Waals surface area contributed by atoms with Crippen molar-refractivity contribution in [3.05, 3.63) is 0 Å². The maximum Gasteiger partial charge on any atom is 0.307 e. The quantitative estimate of drug-likeness (QED) is 0.810. The first-order chi connectivity index (χ1) is 8.02. The maximum absolute atomic E-state index is 11.0. The fourth-order valence-electron chi connectivity index (χ4n) is 3.69. The van der Waals surface area contributed by atoms with E-state index >= 15 is 0 Å². The molecule has 0 aromatic rings. The van der Waals surface area contributed by atoms with Crippen LogP contribution in [-0.4, -0.2) is 23.2 Å². The van der Waals surface area contributed by atoms with Gasteiger partial charge in [0.1, 0.15) is 0 Å². The van der Waals surface area contributed by atoms with E-state index < -0.39 is 5.97 Å². The van der Waals surface area contributed by atoms with Crippen LogP contribution in [0, 0.1) is 16.7 Å². The number of carboxylic acids is 1. The number of nitrogens with one attached hydrogen (secondary N) is 1. The van der Waals surface area contributed by atoms with E-state index in [2.05, 4.69) is 33.0 Å². The van der Waals surface area contributed by atoms with Crippen molar-refractivity contribution in [2.24, 2.45) is 16.7 Å². The molecule has 1 aliphatic carbocycles. The number of aliphatic carboxylic acids is 1. The molecule has 2 N–H and O–H groups in total. The van der Waals surface area contributed by atoms with Crippen LogP contribution in [0.2, 0.25) is 0 Å². The molecular weight excluding hydrogens is 226 g/mol. The molecule has 1 fully saturated rings. The summed E-state index contributed by atoms with van der Waals surface area (Å²) in [5.41, 5.74) is 0.678. The molecule has 3 heteroatoms. The minimum atomic E-state index is -0.718. The van der Waals surface area contributed by atoms with E-state index in [1.807, 2.05) is 6.92 Å². The van der Waals surface area contributed by atoms with Gasteiger partial charge in [-0.05, 0) is 37.0 Å². The van der Waals surface area contributed by atoms with Crippen LogP contribution < -0.4 is 5.32 Å². The Labute approximate surface area is 111 Å². The first-order valence-corrected chi connectivity index (χ1v) is 7.01. The summed E-state index contributed by atoms with van der Waals surface area (Å²) in [6.07, 6.45) is 3.50. The number of carboxylic acid groups (broad SMARTS) is 1. The lowest BCUT2D eigenvalue weighted by molar-refractivity contribution is -0.142. The van der Waals surface area contributed by atoms with Crippen LogP contribution in [0.15, 0.2) is 0 Å². The summed E-state index contributed by atoms with van der Waals surface area (Å²) in [5.74, 6) is -1.05. The zero-order valence-electron chi connectivity index (χ0n) is 12.7. The Hall–Kier alpha value is -0.570. The molecule has 1 saturated carbocycles. The van der Waals surface area contributed by atoms with Crippen LogP contribution in [0.25, 0.3) is 0 Å². The Kier molecular flexibility index (Phi) is 4.47. The van der Waals surface area contributed by atoms with Crippen LogP contribution in [-0.2, 0) is 4.79 Å². The molecule has 1 rings (SSSR count). The van der Waals surface area contributed by atoms with Gasteiger partial charge in [-0.25, -0.2) is 0 Å². The normalized spacial score (nSPS) is 26.6. The van der Waals surface area contributed by atoms with E-state index in [-0.39, 0.29) is 12.0 Å². The van der Waals surface area contributed by atoms with Gasteiger partial charge in [0, 0.05) is 12.1 Å². The Morgan fingerprint density at radius 3 is 2.00 bits per heavy atom. The fourth-order valence-corrected chi connectivity index (χ4v) is 3.69. The predicted octanol–water partition coefficient (Wildman–Crippen LogP) is 3.29. The van der Waals surface area contributed by atoms with Gasteiger partial charge in [-0.15, -0.1) is 0 Å². The zero-order valence-corrected chi connectivity index (χ0v) is 12.7. The molecule has 3 nitrogen and oxygen atoms in total. The molecule has 0 radical (unpaired) electrons. The highest BCUT2D eigenvalue weighted by molar-refractivity contribution is 5.70. The predicted molar refractivity (Wildman–Crippen MR) is 74.6 cm³/mol. The second kappa shape index (κ2) is 5.20. The summed E-state index contributed by atoms with van der Waals surface area (Å²) in [6, 6.07) is 0.456. The van der Waals surface area contributed by atoms with E-state index in [4.69, 9.17) is 5.11 Å². The lowest BCUT2D eigenvalue weighted by Gasteiger charge is -2.46. The van der Waals surface area contributed by atoms with Crippen molar-refractivity contribution < 1.29 is 9.90 Å². The lowest BCUT2D eigenvalue weighted by atomic mass is 9.63. The van der Waals surface area contributed by atoms with Gasteiger partial charge >= 0.3 is 5.97 Å². The summed E-state index contributed by atoms with van der Waals surface area (Å²) < 4.78 is 0. The molecule has 0 aromatic heterocycles. The van der Waals surface area contributed by atoms with Gasteiger partial charge in [0.15, 0.2) is 0 Å². The number of hydrogen-bond donors (Lipinski definition) is 2. The van der Waals surface area contributed by atoms with E-state index in [0.717, 1.165) is 12.8 Å². The highest BCUT2D eigenvalue weighted by Crippen LogP contribution is 2.45. The van der Waals surface area contributed by atoms with Gasteiger partial charge in [0.2, 0.25) is 0 Å². The summed E-state index contributed by atoms with van der Waals surface area (Å²) in [7, 11) is 0. The molecule has 1 aliphatic rings. The average Bonchev–Trinajstić information content (AvgIpc) is 2.10. The van der Waals surface area contributed by atoms with Crippen LogP contribution in [0.4, 0.5) is 0 Å². The summed E-state index contributed by atoms with van der Waals surface area (Å²) in [5, 5.41) is 12.6. The lowest BCUT2D eigenvalue weighted by Crippen LogP contribution is -2.49. The summed E-state index contributed by atoms with van der Waals surface area (Å²) >= 11 is 0. The van der Waals surface area contributed by atoms with E-state index in [1.54, 1.807) is 6.92 Å². The molecule has 0 saturated heterocycles. The molecule has 106 valence electrons. The standard InChI is InChI=1S/C15H29NO2/c1-10(13(17)18)11(2)16-12-7-14(3,4)9-15(5,6)8-12/h10-12,16H,7-9H2,1-6H3,(H,17,18). The SMILES string of the molecule is CC(NC1CC(C)(C)CC(C)(C)C1)C(C)C(=O)O. The summed E-state index contributed by atoms with van der Waals surface area (Å²) in [4.78, 5) is 11.0. The summed E-state index contributed by atoms with van der Waals surface area (Å²) in [6.45, 7) is 13.0. The highest BCUT2D eigenvalue weighted by atomic mass is 16.4. The first kappa shape index (κ1) is 15.5. The second-order valence-electron chi connectivity index (χ2n) is 7.69. The zero-order chi connectivity index (χ0) is 14.1. The Bertz CT molecular complexity index is 294. The molecule has 0 heterocycles. The average molecular weight is 255 g/mol. The minimum Gasteiger partial charge on any atom is -0.481 e. The van der Waals surface area contributed by atoms with Crippen molar-refractivity contribution in [2.75, 3.05) is 0 Å². The Balaban J connectivity index is 2.64. The van der Waals surface area contributed by atoms with Crippen molar-refractivity contribution in [3.63, 3.8) is 0 Å². The second-order valence-corrected chi connectivity index (χ2v) is 7.69. The first-order valence-electron chi connectivity index (χ1n) is 7.01. The van der Waals surface area contributed by atoms with Crippen LogP contribution >= 0.6 is 0 Å². The van der Waals surface area contributed by atoms with Crippen LogP contribution in [0.1, 0.15) is 60.8 Å². The Morgan fingerprint density at radius 1 is 1.17 bits per heavy atom. The monoisotopic (exact) mass is 255 g/mol. The van der Waals surface area contributed by atoms with Gasteiger partial charge in [-0.3, -0.25) is 4.79 Å². The molecule has 2 atom stereocenters. The molecule has 0 amide bonds. The third-order valence-corrected chi connectivity index (χ3v) is 4.19. The van der Waals surface area contributed by atoms with Gasteiger partial charge in [-0.1, -0.05) is 34.6 Å². The van der Waals surface area contributed by atoms with Crippen molar-refractivity contribution in [2.45, 2.75) is 72.9 Å². The molecule has 0 bridgehead atoms. The van der Waals surface area contributed by atoms with Crippen LogP contribution in [0.5, 0.6) is 0 Å². The van der Waals surface area contributed by atoms with Gasteiger partial charge in [-0.2, -0.15) is 0 Å². The number of carbonyl (C=O) groups is 1. The Morgan fingerprint density at radius 2 is 1.61 bits per heavy atom. The van der Waals surface area contributed by atoms with E-state index in [0.29, 0.717) is 16.9 Å². The molecule has 0 aromatic carbocycles. The number of rotatable bonds is 4. The van der Waals surface area contributed by atoms with E-state index in [1.165, 1.54) is 6.42 Å². The van der Waals surface area contributed by atoms with Crippen molar-refractivity contribution in [3.8, 4) is 0 Å². The largest absolute Gasteiger partial charge is 0.481 e. The third kappa shape index (κ3) is 4.27. The molecule has 2 unspecified atom stereocenters. The van der Waals surface area contributed by atoms with Crippen molar-refractivity contribution in [1.29, 1.82) is 0 Å². The van der Waals surface area contributed by atoms with E-state index in [9.17, 15) is 4.79 Å². The molecule has 0 spiro atoms. The number of hydrogen-bond acceptors (Lipinski definition) is 2. The van der Waals surface area contributed by atoms with Crippen LogP contribution in [0.3, 0.4) is 0 Å². The highest BCUT2D eigenvalue weighted by Gasteiger charge is 2.39. The van der Waals surface area contributed by atoms with Crippen molar-refractivity contribution in [1.82, 2.24) is 5.32 Å².